The summed E-state index contributed by atoms with van der Waals surface area (Å²) in [6.07, 6.45) is 0. The maximum atomic E-state index is 12.8. The lowest BCUT2D eigenvalue weighted by atomic mass is 10.2. The summed E-state index contributed by atoms with van der Waals surface area (Å²) < 4.78 is 14.7. The topological polar surface area (TPSA) is 29.1 Å². The summed E-state index contributed by atoms with van der Waals surface area (Å²) in [7, 11) is 0. The van der Waals surface area contributed by atoms with Gasteiger partial charge in [-0.05, 0) is 39.7 Å². The molecule has 2 nitrogen and oxygen atoms in total. The quantitative estimate of drug-likeness (QED) is 0.715. The molecule has 2 aromatic carbocycles. The fourth-order valence-electron chi connectivity index (χ4n) is 2.02. The van der Waals surface area contributed by atoms with Gasteiger partial charge < -0.3 is 5.32 Å². The molecule has 1 amide bonds. The van der Waals surface area contributed by atoms with Gasteiger partial charge in [0.2, 0.25) is 0 Å². The van der Waals surface area contributed by atoms with Crippen molar-refractivity contribution in [2.45, 2.75) is 6.54 Å². The van der Waals surface area contributed by atoms with Crippen LogP contribution in [0.3, 0.4) is 0 Å². The third kappa shape index (κ3) is 2.99. The van der Waals surface area contributed by atoms with Crippen molar-refractivity contribution in [2.24, 2.45) is 0 Å². The summed E-state index contributed by atoms with van der Waals surface area (Å²) in [4.78, 5) is 12.9. The van der Waals surface area contributed by atoms with E-state index < -0.39 is 0 Å². The lowest BCUT2D eigenvalue weighted by Gasteiger charge is -2.04. The molecule has 1 heterocycles. The standard InChI is InChI=1S/C16H11BrFNOS/c17-14-12-3-1-2-4-13(12)21-15(14)16(20)19-9-10-5-7-11(18)8-6-10/h1-8H,9H2,(H,19,20). The molecule has 106 valence electrons. The number of halogens is 2. The molecule has 0 aliphatic rings. The van der Waals surface area contributed by atoms with Crippen molar-refractivity contribution in [3.63, 3.8) is 0 Å². The highest BCUT2D eigenvalue weighted by molar-refractivity contribution is 9.10. The van der Waals surface area contributed by atoms with E-state index in [2.05, 4.69) is 21.2 Å². The number of fused-ring (bicyclic) bond motifs is 1. The first kappa shape index (κ1) is 14.2. The molecule has 1 aromatic heterocycles. The highest BCUT2D eigenvalue weighted by Gasteiger charge is 2.16. The molecular weight excluding hydrogens is 353 g/mol. The highest BCUT2D eigenvalue weighted by Crippen LogP contribution is 2.35. The SMILES string of the molecule is O=C(NCc1ccc(F)cc1)c1sc2ccccc2c1Br. The number of rotatable bonds is 3. The smallest absolute Gasteiger partial charge is 0.262 e. The lowest BCUT2D eigenvalue weighted by molar-refractivity contribution is 0.0954. The molecule has 0 bridgehead atoms. The fraction of sp³-hybridized carbons (Fsp3) is 0.0625. The van der Waals surface area contributed by atoms with E-state index in [1.807, 2.05) is 24.3 Å². The number of benzene rings is 2. The van der Waals surface area contributed by atoms with Gasteiger partial charge in [0.25, 0.3) is 5.91 Å². The number of hydrogen-bond donors (Lipinski definition) is 1. The molecule has 0 fully saturated rings. The molecule has 0 saturated carbocycles. The van der Waals surface area contributed by atoms with E-state index in [0.29, 0.717) is 11.4 Å². The Morgan fingerprint density at radius 2 is 1.86 bits per heavy atom. The van der Waals surface area contributed by atoms with Crippen LogP contribution in [0.1, 0.15) is 15.2 Å². The monoisotopic (exact) mass is 363 g/mol. The van der Waals surface area contributed by atoms with Crippen molar-refractivity contribution in [2.75, 3.05) is 0 Å². The number of carbonyl (C=O) groups is 1. The minimum Gasteiger partial charge on any atom is -0.347 e. The van der Waals surface area contributed by atoms with E-state index in [1.54, 1.807) is 12.1 Å². The average Bonchev–Trinajstić information content (AvgIpc) is 2.84. The van der Waals surface area contributed by atoms with Crippen molar-refractivity contribution < 1.29 is 9.18 Å². The van der Waals surface area contributed by atoms with E-state index in [-0.39, 0.29) is 11.7 Å². The summed E-state index contributed by atoms with van der Waals surface area (Å²) in [6.45, 7) is 0.375. The molecule has 0 unspecified atom stereocenters. The largest absolute Gasteiger partial charge is 0.347 e. The molecule has 0 saturated heterocycles. The molecule has 0 aliphatic heterocycles. The zero-order valence-electron chi connectivity index (χ0n) is 10.9. The number of hydrogen-bond acceptors (Lipinski definition) is 2. The Kier molecular flexibility index (Phi) is 4.03. The summed E-state index contributed by atoms with van der Waals surface area (Å²) in [5.74, 6) is -0.412. The molecule has 3 aromatic rings. The van der Waals surface area contributed by atoms with Crippen LogP contribution in [-0.4, -0.2) is 5.91 Å². The normalized spacial score (nSPS) is 10.8. The zero-order chi connectivity index (χ0) is 14.8. The first-order valence-corrected chi connectivity index (χ1v) is 7.96. The Bertz CT molecular complexity index is 798. The molecule has 21 heavy (non-hydrogen) atoms. The summed E-state index contributed by atoms with van der Waals surface area (Å²) >= 11 is 4.94. The number of amides is 1. The van der Waals surface area contributed by atoms with E-state index in [4.69, 9.17) is 0 Å². The minimum atomic E-state index is -0.280. The molecule has 0 spiro atoms. The predicted molar refractivity (Wildman–Crippen MR) is 87.1 cm³/mol. The van der Waals surface area contributed by atoms with Crippen LogP contribution in [0.5, 0.6) is 0 Å². The maximum absolute atomic E-state index is 12.8. The summed E-state index contributed by atoms with van der Waals surface area (Å²) in [5.41, 5.74) is 0.863. The molecule has 5 heteroatoms. The first-order valence-electron chi connectivity index (χ1n) is 6.35. The Morgan fingerprint density at radius 1 is 1.14 bits per heavy atom. The lowest BCUT2D eigenvalue weighted by Crippen LogP contribution is -2.22. The van der Waals surface area contributed by atoms with Crippen LogP contribution in [0.25, 0.3) is 10.1 Å². The van der Waals surface area contributed by atoms with E-state index in [1.165, 1.54) is 23.5 Å². The van der Waals surface area contributed by atoms with Crippen LogP contribution in [-0.2, 0) is 6.54 Å². The van der Waals surface area contributed by atoms with Gasteiger partial charge >= 0.3 is 0 Å². The second-order valence-electron chi connectivity index (χ2n) is 4.55. The Hall–Kier alpha value is -1.72. The van der Waals surface area contributed by atoms with Gasteiger partial charge in [-0.2, -0.15) is 0 Å². The van der Waals surface area contributed by atoms with E-state index >= 15 is 0 Å². The van der Waals surface area contributed by atoms with Gasteiger partial charge in [-0.3, -0.25) is 4.79 Å². The minimum absolute atomic E-state index is 0.132. The van der Waals surface area contributed by atoms with Crippen LogP contribution >= 0.6 is 27.3 Å². The Morgan fingerprint density at radius 3 is 2.57 bits per heavy atom. The van der Waals surface area contributed by atoms with Crippen LogP contribution in [0, 0.1) is 5.82 Å². The predicted octanol–water partition coefficient (Wildman–Crippen LogP) is 4.73. The van der Waals surface area contributed by atoms with E-state index in [9.17, 15) is 9.18 Å². The molecular formula is C16H11BrFNOS. The van der Waals surface area contributed by atoms with Gasteiger partial charge in [0, 0.05) is 21.1 Å². The van der Waals surface area contributed by atoms with Crippen molar-refractivity contribution in [3.8, 4) is 0 Å². The Labute approximate surface area is 133 Å². The average molecular weight is 364 g/mol. The molecule has 0 aliphatic carbocycles. The van der Waals surface area contributed by atoms with Crippen LogP contribution in [0.2, 0.25) is 0 Å². The summed E-state index contributed by atoms with van der Waals surface area (Å²) in [6, 6.07) is 14.0. The molecule has 3 rings (SSSR count). The van der Waals surface area contributed by atoms with Gasteiger partial charge in [0.05, 0.1) is 0 Å². The summed E-state index contributed by atoms with van der Waals surface area (Å²) in [5, 5.41) is 3.89. The van der Waals surface area contributed by atoms with Crippen molar-refractivity contribution in [1.29, 1.82) is 0 Å². The van der Waals surface area contributed by atoms with Crippen LogP contribution < -0.4 is 5.32 Å². The number of thiophene rings is 1. The van der Waals surface area contributed by atoms with Gasteiger partial charge in [-0.15, -0.1) is 11.3 Å². The maximum Gasteiger partial charge on any atom is 0.262 e. The third-order valence-electron chi connectivity index (χ3n) is 3.11. The highest BCUT2D eigenvalue weighted by atomic mass is 79.9. The molecule has 1 N–H and O–H groups in total. The van der Waals surface area contributed by atoms with Crippen LogP contribution in [0.4, 0.5) is 4.39 Å². The number of nitrogens with one attached hydrogen (secondary N) is 1. The fourth-order valence-corrected chi connectivity index (χ4v) is 3.94. The Balaban J connectivity index is 1.78. The first-order chi connectivity index (χ1) is 10.1. The zero-order valence-corrected chi connectivity index (χ0v) is 13.3. The van der Waals surface area contributed by atoms with E-state index in [0.717, 1.165) is 20.1 Å². The van der Waals surface area contributed by atoms with Gasteiger partial charge in [-0.1, -0.05) is 30.3 Å². The second kappa shape index (κ2) is 5.95. The molecule has 0 atom stereocenters. The van der Waals surface area contributed by atoms with Crippen molar-refractivity contribution >= 4 is 43.3 Å². The third-order valence-corrected chi connectivity index (χ3v) is 5.36. The van der Waals surface area contributed by atoms with Crippen molar-refractivity contribution in [1.82, 2.24) is 5.32 Å². The molecule has 0 radical (unpaired) electrons. The number of carbonyl (C=O) groups excluding carboxylic acids is 1. The van der Waals surface area contributed by atoms with Gasteiger partial charge in [-0.25, -0.2) is 4.39 Å². The van der Waals surface area contributed by atoms with Crippen molar-refractivity contribution in [3.05, 3.63) is 69.3 Å². The van der Waals surface area contributed by atoms with Gasteiger partial charge in [0.15, 0.2) is 0 Å². The second-order valence-corrected chi connectivity index (χ2v) is 6.40. The van der Waals surface area contributed by atoms with Crippen LogP contribution in [0.15, 0.2) is 53.0 Å². The van der Waals surface area contributed by atoms with Gasteiger partial charge in [0.1, 0.15) is 10.7 Å².